The van der Waals surface area contributed by atoms with Crippen LogP contribution >= 0.6 is 0 Å². The third-order valence-corrected chi connectivity index (χ3v) is 5.48. The average Bonchev–Trinajstić information content (AvgIpc) is 2.43. The molecule has 106 valence electrons. The lowest BCUT2D eigenvalue weighted by molar-refractivity contribution is 0.0298. The molecule has 2 fully saturated rings. The van der Waals surface area contributed by atoms with E-state index in [2.05, 4.69) is 6.92 Å². The van der Waals surface area contributed by atoms with Crippen LogP contribution in [0.2, 0.25) is 0 Å². The Kier molecular flexibility index (Phi) is 6.01. The van der Waals surface area contributed by atoms with Crippen molar-refractivity contribution in [2.75, 3.05) is 0 Å². The van der Waals surface area contributed by atoms with Gasteiger partial charge in [0.2, 0.25) is 0 Å². The van der Waals surface area contributed by atoms with Crippen LogP contribution in [0.25, 0.3) is 0 Å². The van der Waals surface area contributed by atoms with Crippen molar-refractivity contribution in [2.45, 2.75) is 90.1 Å². The number of rotatable bonds is 6. The Balaban J connectivity index is 1.69. The highest BCUT2D eigenvalue weighted by atomic mass is 16.3. The summed E-state index contributed by atoms with van der Waals surface area (Å²) in [4.78, 5) is 0. The first-order valence-electron chi connectivity index (χ1n) is 8.49. The summed E-state index contributed by atoms with van der Waals surface area (Å²) in [5.41, 5.74) is 0. The minimum atomic E-state index is 0.00438. The molecule has 0 amide bonds. The van der Waals surface area contributed by atoms with Gasteiger partial charge in [0.05, 0.1) is 6.10 Å². The SMILES string of the molecule is CCCCCCC(O)C1CCC2CCCCC2C1. The molecule has 2 aliphatic carbocycles. The Morgan fingerprint density at radius 1 is 0.944 bits per heavy atom. The zero-order valence-corrected chi connectivity index (χ0v) is 12.2. The normalized spacial score (nSPS) is 34.0. The predicted molar refractivity (Wildman–Crippen MR) is 77.6 cm³/mol. The molecular weight excluding hydrogens is 220 g/mol. The van der Waals surface area contributed by atoms with E-state index in [-0.39, 0.29) is 6.10 Å². The van der Waals surface area contributed by atoms with Crippen molar-refractivity contribution in [3.8, 4) is 0 Å². The van der Waals surface area contributed by atoms with Crippen molar-refractivity contribution in [3.05, 3.63) is 0 Å². The molecule has 4 atom stereocenters. The Labute approximate surface area is 113 Å². The molecule has 1 nitrogen and oxygen atoms in total. The van der Waals surface area contributed by atoms with Gasteiger partial charge in [0.25, 0.3) is 0 Å². The van der Waals surface area contributed by atoms with Gasteiger partial charge in [0.15, 0.2) is 0 Å². The highest BCUT2D eigenvalue weighted by Gasteiger charge is 2.34. The van der Waals surface area contributed by atoms with Gasteiger partial charge in [-0.3, -0.25) is 0 Å². The zero-order valence-electron chi connectivity index (χ0n) is 12.2. The van der Waals surface area contributed by atoms with E-state index in [1.54, 1.807) is 0 Å². The molecule has 0 saturated heterocycles. The van der Waals surface area contributed by atoms with Crippen LogP contribution in [-0.2, 0) is 0 Å². The van der Waals surface area contributed by atoms with Crippen LogP contribution in [0.5, 0.6) is 0 Å². The fourth-order valence-corrected chi connectivity index (χ4v) is 4.28. The molecular formula is C17H32O. The molecule has 0 spiro atoms. The van der Waals surface area contributed by atoms with E-state index in [9.17, 15) is 5.11 Å². The van der Waals surface area contributed by atoms with Crippen LogP contribution in [0.15, 0.2) is 0 Å². The van der Waals surface area contributed by atoms with Crippen LogP contribution < -0.4 is 0 Å². The largest absolute Gasteiger partial charge is 0.393 e. The van der Waals surface area contributed by atoms with Crippen molar-refractivity contribution in [1.82, 2.24) is 0 Å². The van der Waals surface area contributed by atoms with E-state index < -0.39 is 0 Å². The van der Waals surface area contributed by atoms with Crippen molar-refractivity contribution < 1.29 is 5.11 Å². The number of hydrogen-bond donors (Lipinski definition) is 1. The highest BCUT2D eigenvalue weighted by Crippen LogP contribution is 2.44. The van der Waals surface area contributed by atoms with Gasteiger partial charge in [-0.1, -0.05) is 58.3 Å². The first kappa shape index (κ1) is 14.4. The number of fused-ring (bicyclic) bond motifs is 1. The fourth-order valence-electron chi connectivity index (χ4n) is 4.28. The molecule has 0 heterocycles. The van der Waals surface area contributed by atoms with Gasteiger partial charge < -0.3 is 5.11 Å². The second-order valence-electron chi connectivity index (χ2n) is 6.79. The van der Waals surface area contributed by atoms with Gasteiger partial charge in [-0.2, -0.15) is 0 Å². The average molecular weight is 252 g/mol. The van der Waals surface area contributed by atoms with Gasteiger partial charge >= 0.3 is 0 Å². The van der Waals surface area contributed by atoms with Crippen LogP contribution in [0.4, 0.5) is 0 Å². The maximum atomic E-state index is 10.4. The molecule has 4 unspecified atom stereocenters. The molecule has 0 bridgehead atoms. The molecule has 0 aromatic heterocycles. The van der Waals surface area contributed by atoms with Crippen molar-refractivity contribution >= 4 is 0 Å². The van der Waals surface area contributed by atoms with Gasteiger partial charge in [-0.25, -0.2) is 0 Å². The predicted octanol–water partition coefficient (Wildman–Crippen LogP) is 4.92. The fraction of sp³-hybridized carbons (Fsp3) is 1.00. The lowest BCUT2D eigenvalue weighted by Gasteiger charge is -2.40. The number of hydrogen-bond acceptors (Lipinski definition) is 1. The van der Waals surface area contributed by atoms with E-state index in [0.717, 1.165) is 18.3 Å². The summed E-state index contributed by atoms with van der Waals surface area (Å²) in [5, 5.41) is 10.4. The number of unbranched alkanes of at least 4 members (excludes halogenated alkanes) is 3. The molecule has 18 heavy (non-hydrogen) atoms. The molecule has 0 aliphatic heterocycles. The Morgan fingerprint density at radius 3 is 2.50 bits per heavy atom. The van der Waals surface area contributed by atoms with Crippen LogP contribution in [0.3, 0.4) is 0 Å². The Morgan fingerprint density at radius 2 is 1.72 bits per heavy atom. The first-order valence-corrected chi connectivity index (χ1v) is 8.49. The summed E-state index contributed by atoms with van der Waals surface area (Å²) in [5.74, 6) is 2.61. The first-order chi connectivity index (χ1) is 8.81. The van der Waals surface area contributed by atoms with Gasteiger partial charge in [0.1, 0.15) is 0 Å². The summed E-state index contributed by atoms with van der Waals surface area (Å²) in [6.07, 6.45) is 16.1. The Bertz CT molecular complexity index is 226. The summed E-state index contributed by atoms with van der Waals surface area (Å²) in [6.45, 7) is 2.25. The maximum Gasteiger partial charge on any atom is 0.0568 e. The molecule has 1 N–H and O–H groups in total. The molecule has 0 aromatic rings. The van der Waals surface area contributed by atoms with Gasteiger partial charge in [0, 0.05) is 0 Å². The van der Waals surface area contributed by atoms with Crippen LogP contribution in [-0.4, -0.2) is 11.2 Å². The second-order valence-corrected chi connectivity index (χ2v) is 6.79. The topological polar surface area (TPSA) is 20.2 Å². The molecule has 0 aromatic carbocycles. The quantitative estimate of drug-likeness (QED) is 0.665. The monoisotopic (exact) mass is 252 g/mol. The van der Waals surface area contributed by atoms with Crippen LogP contribution in [0.1, 0.15) is 84.0 Å². The van der Waals surface area contributed by atoms with Crippen molar-refractivity contribution in [2.24, 2.45) is 17.8 Å². The third-order valence-electron chi connectivity index (χ3n) is 5.48. The van der Waals surface area contributed by atoms with Gasteiger partial charge in [-0.15, -0.1) is 0 Å². The second kappa shape index (κ2) is 7.53. The molecule has 2 saturated carbocycles. The van der Waals surface area contributed by atoms with E-state index in [1.807, 2.05) is 0 Å². The van der Waals surface area contributed by atoms with Crippen LogP contribution in [0, 0.1) is 17.8 Å². The molecule has 2 aliphatic rings. The lowest BCUT2D eigenvalue weighted by Crippen LogP contribution is -2.33. The van der Waals surface area contributed by atoms with Crippen molar-refractivity contribution in [1.29, 1.82) is 0 Å². The summed E-state index contributed by atoms with van der Waals surface area (Å²) >= 11 is 0. The molecule has 1 heteroatoms. The number of aliphatic hydroxyl groups excluding tert-OH is 1. The summed E-state index contributed by atoms with van der Waals surface area (Å²) in [6, 6.07) is 0. The minimum absolute atomic E-state index is 0.00438. The summed E-state index contributed by atoms with van der Waals surface area (Å²) < 4.78 is 0. The van der Waals surface area contributed by atoms with Crippen molar-refractivity contribution in [3.63, 3.8) is 0 Å². The highest BCUT2D eigenvalue weighted by molar-refractivity contribution is 4.85. The van der Waals surface area contributed by atoms with E-state index in [0.29, 0.717) is 5.92 Å². The van der Waals surface area contributed by atoms with E-state index >= 15 is 0 Å². The maximum absolute atomic E-state index is 10.4. The standard InChI is InChI=1S/C17H32O/c1-2-3-4-5-10-17(18)16-12-11-14-8-6-7-9-15(14)13-16/h14-18H,2-13H2,1H3. The smallest absolute Gasteiger partial charge is 0.0568 e. The van der Waals surface area contributed by atoms with E-state index in [4.69, 9.17) is 0 Å². The van der Waals surface area contributed by atoms with Gasteiger partial charge in [-0.05, 0) is 43.4 Å². The molecule has 0 radical (unpaired) electrons. The molecule has 2 rings (SSSR count). The third kappa shape index (κ3) is 3.98. The minimum Gasteiger partial charge on any atom is -0.393 e. The Hall–Kier alpha value is -0.0400. The lowest BCUT2D eigenvalue weighted by atomic mass is 9.66. The number of aliphatic hydroxyl groups is 1. The summed E-state index contributed by atoms with van der Waals surface area (Å²) in [7, 11) is 0. The van der Waals surface area contributed by atoms with E-state index in [1.165, 1.54) is 70.6 Å². The zero-order chi connectivity index (χ0) is 12.8.